The van der Waals surface area contributed by atoms with Gasteiger partial charge in [-0.3, -0.25) is 9.59 Å². The van der Waals surface area contributed by atoms with Crippen LogP contribution in [0, 0.1) is 5.92 Å². The molecule has 150 valence electrons. The van der Waals surface area contributed by atoms with E-state index >= 15 is 0 Å². The van der Waals surface area contributed by atoms with Crippen molar-refractivity contribution in [2.45, 2.75) is 12.4 Å². The zero-order chi connectivity index (χ0) is 21.1. The molecule has 0 saturated carbocycles. The Balaban J connectivity index is 2.18. The molecule has 0 bridgehead atoms. The molecular weight excluding hydrogens is 414 g/mol. The third-order valence-corrected chi connectivity index (χ3v) is 3.63. The Kier molecular flexibility index (Phi) is 6.23. The first-order valence-electron chi connectivity index (χ1n) is 7.49. The Morgan fingerprint density at radius 3 is 1.89 bits per heavy atom. The molecule has 0 aliphatic carbocycles. The Labute approximate surface area is 159 Å². The van der Waals surface area contributed by atoms with Crippen LogP contribution in [0.15, 0.2) is 48.5 Å². The number of carbonyl (C=O) groups is 2. The predicted molar refractivity (Wildman–Crippen MR) is 90.1 cm³/mol. The maximum Gasteiger partial charge on any atom is 0.409 e. The number of carbonyl (C=O) groups excluding carboxylic acids is 2. The summed E-state index contributed by atoms with van der Waals surface area (Å²) in [4.78, 5) is 23.7. The van der Waals surface area contributed by atoms with Crippen LogP contribution in [0.2, 0.25) is 5.02 Å². The van der Waals surface area contributed by atoms with Gasteiger partial charge < -0.3 is 10.6 Å². The van der Waals surface area contributed by atoms with Crippen molar-refractivity contribution >= 4 is 34.8 Å². The van der Waals surface area contributed by atoms with Crippen LogP contribution in [0.4, 0.5) is 37.7 Å². The van der Waals surface area contributed by atoms with Crippen LogP contribution in [0.25, 0.3) is 0 Å². The van der Waals surface area contributed by atoms with Gasteiger partial charge in [-0.2, -0.15) is 26.3 Å². The van der Waals surface area contributed by atoms with Gasteiger partial charge >= 0.3 is 12.4 Å². The van der Waals surface area contributed by atoms with Gasteiger partial charge in [-0.05, 0) is 36.4 Å². The predicted octanol–water partition coefficient (Wildman–Crippen LogP) is 5.27. The lowest BCUT2D eigenvalue weighted by molar-refractivity contribution is -0.272. The number of nitrogens with one attached hydrogen (secondary N) is 2. The monoisotopic (exact) mass is 424 g/mol. The van der Waals surface area contributed by atoms with Crippen LogP contribution < -0.4 is 10.6 Å². The number of hydrogen-bond donors (Lipinski definition) is 2. The molecule has 0 aromatic heterocycles. The second-order valence-electron chi connectivity index (χ2n) is 5.55. The fourth-order valence-corrected chi connectivity index (χ4v) is 2.40. The molecule has 0 unspecified atom stereocenters. The molecule has 2 N–H and O–H groups in total. The molecule has 2 rings (SSSR count). The van der Waals surface area contributed by atoms with E-state index < -0.39 is 35.8 Å². The van der Waals surface area contributed by atoms with Crippen LogP contribution in [-0.4, -0.2) is 24.2 Å². The molecule has 2 aromatic rings. The number of hydrogen-bond acceptors (Lipinski definition) is 2. The molecule has 2 aromatic carbocycles. The summed E-state index contributed by atoms with van der Waals surface area (Å²) in [5.41, 5.74) is -0.184. The highest BCUT2D eigenvalue weighted by molar-refractivity contribution is 6.31. The van der Waals surface area contributed by atoms with Crippen molar-refractivity contribution in [2.24, 2.45) is 5.92 Å². The summed E-state index contributed by atoms with van der Waals surface area (Å²) < 4.78 is 75.6. The van der Waals surface area contributed by atoms with Gasteiger partial charge in [-0.25, -0.2) is 0 Å². The number of halogens is 7. The summed E-state index contributed by atoms with van der Waals surface area (Å²) in [6.07, 6.45) is -11.6. The van der Waals surface area contributed by atoms with Crippen molar-refractivity contribution in [1.82, 2.24) is 0 Å². The summed E-state index contributed by atoms with van der Waals surface area (Å²) in [5.74, 6) is -7.20. The first-order valence-corrected chi connectivity index (χ1v) is 7.87. The zero-order valence-electron chi connectivity index (χ0n) is 13.7. The molecule has 0 saturated heterocycles. The van der Waals surface area contributed by atoms with Crippen LogP contribution in [0.1, 0.15) is 10.4 Å². The van der Waals surface area contributed by atoms with Gasteiger partial charge in [0.15, 0.2) is 0 Å². The van der Waals surface area contributed by atoms with Gasteiger partial charge in [0.1, 0.15) is 0 Å². The molecule has 28 heavy (non-hydrogen) atoms. The number of anilines is 2. The lowest BCUT2D eigenvalue weighted by atomic mass is 10.1. The van der Waals surface area contributed by atoms with Crippen LogP contribution in [0.3, 0.4) is 0 Å². The fraction of sp³-hybridized carbons (Fsp3) is 0.176. The van der Waals surface area contributed by atoms with E-state index in [0.29, 0.717) is 10.7 Å². The van der Waals surface area contributed by atoms with Gasteiger partial charge in [0.05, 0.1) is 0 Å². The minimum absolute atomic E-state index is 0.103. The first-order chi connectivity index (χ1) is 12.9. The third-order valence-electron chi connectivity index (χ3n) is 3.39. The van der Waals surface area contributed by atoms with Crippen molar-refractivity contribution in [3.8, 4) is 0 Å². The molecule has 11 heteroatoms. The minimum Gasteiger partial charge on any atom is -0.325 e. The van der Waals surface area contributed by atoms with E-state index in [-0.39, 0.29) is 5.56 Å². The number of amides is 2. The smallest absolute Gasteiger partial charge is 0.325 e. The summed E-state index contributed by atoms with van der Waals surface area (Å²) in [6.45, 7) is 0. The van der Waals surface area contributed by atoms with Crippen molar-refractivity contribution < 1.29 is 35.9 Å². The van der Waals surface area contributed by atoms with E-state index in [0.717, 1.165) is 12.1 Å². The van der Waals surface area contributed by atoms with Crippen molar-refractivity contribution in [3.63, 3.8) is 0 Å². The normalized spacial score (nSPS) is 12.0. The Morgan fingerprint density at radius 2 is 1.36 bits per heavy atom. The molecule has 0 radical (unpaired) electrons. The molecule has 0 fully saturated rings. The van der Waals surface area contributed by atoms with Gasteiger partial charge in [0, 0.05) is 22.0 Å². The molecule has 0 aliphatic rings. The SMILES string of the molecule is O=C(Nc1cccc(Cl)c1)c1cccc(NC(=O)C(C(F)(F)F)C(F)(F)F)c1. The lowest BCUT2D eigenvalue weighted by Gasteiger charge is -2.22. The van der Waals surface area contributed by atoms with Gasteiger partial charge in [0.2, 0.25) is 11.8 Å². The summed E-state index contributed by atoms with van der Waals surface area (Å²) in [7, 11) is 0. The second-order valence-corrected chi connectivity index (χ2v) is 5.99. The highest BCUT2D eigenvalue weighted by Gasteiger charge is 2.61. The number of rotatable bonds is 4. The third kappa shape index (κ3) is 5.62. The Bertz CT molecular complexity index is 868. The van der Waals surface area contributed by atoms with E-state index in [1.165, 1.54) is 24.3 Å². The Morgan fingerprint density at radius 1 is 0.821 bits per heavy atom. The highest BCUT2D eigenvalue weighted by Crippen LogP contribution is 2.39. The van der Waals surface area contributed by atoms with Crippen LogP contribution in [-0.2, 0) is 4.79 Å². The minimum atomic E-state index is -5.82. The van der Waals surface area contributed by atoms with Gasteiger partial charge in [-0.1, -0.05) is 23.7 Å². The van der Waals surface area contributed by atoms with E-state index in [1.807, 2.05) is 0 Å². The highest BCUT2D eigenvalue weighted by atomic mass is 35.5. The molecule has 0 aliphatic heterocycles. The van der Waals surface area contributed by atoms with Crippen molar-refractivity contribution in [2.75, 3.05) is 10.6 Å². The zero-order valence-corrected chi connectivity index (χ0v) is 14.4. The average Bonchev–Trinajstić information content (AvgIpc) is 2.52. The molecule has 4 nitrogen and oxygen atoms in total. The van der Waals surface area contributed by atoms with E-state index in [4.69, 9.17) is 11.6 Å². The van der Waals surface area contributed by atoms with Crippen molar-refractivity contribution in [3.05, 3.63) is 59.1 Å². The van der Waals surface area contributed by atoms with Crippen molar-refractivity contribution in [1.29, 1.82) is 0 Å². The topological polar surface area (TPSA) is 58.2 Å². The standard InChI is InChI=1S/C17H11ClF6N2O2/c18-10-4-2-6-12(8-10)25-14(27)9-3-1-5-11(7-9)26-15(28)13(16(19,20)21)17(22,23)24/h1-8,13H,(H,25,27)(H,26,28). The summed E-state index contributed by atoms with van der Waals surface area (Å²) in [6, 6.07) is 10.5. The molecule has 0 heterocycles. The van der Waals surface area contributed by atoms with Crippen LogP contribution >= 0.6 is 11.6 Å². The summed E-state index contributed by atoms with van der Waals surface area (Å²) >= 11 is 5.78. The lowest BCUT2D eigenvalue weighted by Crippen LogP contribution is -2.45. The molecule has 0 atom stereocenters. The number of alkyl halides is 6. The van der Waals surface area contributed by atoms with E-state index in [9.17, 15) is 35.9 Å². The maximum absolute atomic E-state index is 12.6. The first kappa shape index (κ1) is 21.5. The Hall–Kier alpha value is -2.75. The van der Waals surface area contributed by atoms with E-state index in [1.54, 1.807) is 17.4 Å². The molecular formula is C17H11ClF6N2O2. The molecule has 0 spiro atoms. The van der Waals surface area contributed by atoms with E-state index in [2.05, 4.69) is 5.32 Å². The average molecular weight is 425 g/mol. The molecule has 2 amide bonds. The quantitative estimate of drug-likeness (QED) is 0.657. The fourth-order valence-electron chi connectivity index (χ4n) is 2.20. The van der Waals surface area contributed by atoms with Gasteiger partial charge in [-0.15, -0.1) is 0 Å². The van der Waals surface area contributed by atoms with Crippen LogP contribution in [0.5, 0.6) is 0 Å². The summed E-state index contributed by atoms with van der Waals surface area (Å²) in [5, 5.41) is 4.34. The number of benzene rings is 2. The largest absolute Gasteiger partial charge is 0.409 e. The second kappa shape index (κ2) is 8.09. The van der Waals surface area contributed by atoms with Gasteiger partial charge in [0.25, 0.3) is 5.91 Å². The maximum atomic E-state index is 12.6.